The Kier molecular flexibility index (Phi) is 3.08. The molecule has 1 saturated carbocycles. The molecule has 7 nitrogen and oxygen atoms in total. The summed E-state index contributed by atoms with van der Waals surface area (Å²) in [5.41, 5.74) is 0.910. The van der Waals surface area contributed by atoms with E-state index in [0.717, 1.165) is 23.7 Å². The lowest BCUT2D eigenvalue weighted by molar-refractivity contribution is -0.384. The largest absolute Gasteiger partial charge is 0.270 e. The molecule has 0 amide bonds. The van der Waals surface area contributed by atoms with Crippen LogP contribution in [-0.2, 0) is 6.67 Å². The molecule has 3 rings (SSSR count). The van der Waals surface area contributed by atoms with Gasteiger partial charge in [-0.1, -0.05) is 0 Å². The minimum atomic E-state index is -0.414. The fourth-order valence-corrected chi connectivity index (χ4v) is 2.30. The number of aromatic nitrogens is 2. The number of hydrogen-bond acceptors (Lipinski definition) is 5. The lowest BCUT2D eigenvalue weighted by Crippen LogP contribution is -2.29. The van der Waals surface area contributed by atoms with Crippen molar-refractivity contribution in [1.82, 2.24) is 14.7 Å². The van der Waals surface area contributed by atoms with Crippen molar-refractivity contribution in [1.29, 1.82) is 5.26 Å². The summed E-state index contributed by atoms with van der Waals surface area (Å²) in [5, 5.41) is 24.6. The highest BCUT2D eigenvalue weighted by Crippen LogP contribution is 2.28. The van der Waals surface area contributed by atoms with Crippen LogP contribution in [-0.4, -0.2) is 32.2 Å². The highest BCUT2D eigenvalue weighted by atomic mass is 16.6. The number of rotatable bonds is 5. The van der Waals surface area contributed by atoms with Crippen LogP contribution in [0.25, 0.3) is 10.9 Å². The molecule has 1 aromatic heterocycles. The van der Waals surface area contributed by atoms with Crippen LogP contribution in [0.3, 0.4) is 0 Å². The SMILES string of the molecule is N#CCN(Cn1ncc2cc([N+](=O)[O-])ccc21)C1CC1. The second kappa shape index (κ2) is 4.90. The van der Waals surface area contributed by atoms with E-state index < -0.39 is 4.92 Å². The molecular formula is C13H13N5O2. The summed E-state index contributed by atoms with van der Waals surface area (Å²) in [6.45, 7) is 0.915. The summed E-state index contributed by atoms with van der Waals surface area (Å²) in [5.74, 6) is 0. The van der Waals surface area contributed by atoms with Gasteiger partial charge < -0.3 is 0 Å². The molecule has 1 fully saturated rings. The number of benzene rings is 1. The Morgan fingerprint density at radius 2 is 2.35 bits per heavy atom. The number of nitro groups is 1. The third-order valence-electron chi connectivity index (χ3n) is 3.49. The first-order chi connectivity index (χ1) is 9.69. The Hall–Kier alpha value is -2.46. The number of fused-ring (bicyclic) bond motifs is 1. The van der Waals surface area contributed by atoms with E-state index >= 15 is 0 Å². The summed E-state index contributed by atoms with van der Waals surface area (Å²) in [6.07, 6.45) is 3.86. The molecule has 2 aromatic rings. The standard InChI is InChI=1S/C13H13N5O2/c14-5-6-16(11-1-2-11)9-17-13-4-3-12(18(19)20)7-10(13)8-15-17/h3-4,7-8,11H,1-2,6,9H2. The quantitative estimate of drug-likeness (QED) is 0.470. The molecule has 0 atom stereocenters. The van der Waals surface area contributed by atoms with Crippen molar-refractivity contribution in [3.8, 4) is 6.07 Å². The summed E-state index contributed by atoms with van der Waals surface area (Å²) in [4.78, 5) is 12.4. The lowest BCUT2D eigenvalue weighted by atomic mass is 10.2. The number of nitro benzene ring substituents is 1. The lowest BCUT2D eigenvalue weighted by Gasteiger charge is -2.18. The van der Waals surface area contributed by atoms with E-state index in [4.69, 9.17) is 5.26 Å². The van der Waals surface area contributed by atoms with Gasteiger partial charge >= 0.3 is 0 Å². The third-order valence-corrected chi connectivity index (χ3v) is 3.49. The second-order valence-electron chi connectivity index (χ2n) is 4.92. The monoisotopic (exact) mass is 271 g/mol. The van der Waals surface area contributed by atoms with E-state index in [0.29, 0.717) is 19.3 Å². The molecule has 1 aromatic carbocycles. The van der Waals surface area contributed by atoms with Gasteiger partial charge in [0.1, 0.15) is 0 Å². The van der Waals surface area contributed by atoms with Crippen LogP contribution in [0.4, 0.5) is 5.69 Å². The molecule has 0 bridgehead atoms. The molecule has 0 aliphatic heterocycles. The van der Waals surface area contributed by atoms with E-state index in [1.165, 1.54) is 12.1 Å². The van der Waals surface area contributed by atoms with Gasteiger partial charge in [0, 0.05) is 23.6 Å². The first-order valence-electron chi connectivity index (χ1n) is 6.40. The van der Waals surface area contributed by atoms with Gasteiger partial charge in [-0.2, -0.15) is 10.4 Å². The molecule has 7 heteroatoms. The van der Waals surface area contributed by atoms with Crippen molar-refractivity contribution in [2.24, 2.45) is 0 Å². The van der Waals surface area contributed by atoms with Crippen molar-refractivity contribution in [3.63, 3.8) is 0 Å². The smallest absolute Gasteiger partial charge is 0.268 e. The van der Waals surface area contributed by atoms with Crippen LogP contribution in [0.5, 0.6) is 0 Å². The maximum Gasteiger partial charge on any atom is 0.270 e. The Morgan fingerprint density at radius 1 is 1.55 bits per heavy atom. The van der Waals surface area contributed by atoms with E-state index in [1.807, 2.05) is 0 Å². The zero-order valence-corrected chi connectivity index (χ0v) is 10.8. The Labute approximate surface area is 115 Å². The molecule has 1 aliphatic rings. The summed E-state index contributed by atoms with van der Waals surface area (Å²) >= 11 is 0. The van der Waals surface area contributed by atoms with Crippen LogP contribution in [0.1, 0.15) is 12.8 Å². The van der Waals surface area contributed by atoms with Gasteiger partial charge in [-0.3, -0.25) is 19.7 Å². The van der Waals surface area contributed by atoms with Gasteiger partial charge in [0.25, 0.3) is 5.69 Å². The van der Waals surface area contributed by atoms with E-state index in [9.17, 15) is 10.1 Å². The Bertz CT molecular complexity index is 698. The van der Waals surface area contributed by atoms with Gasteiger partial charge in [0.2, 0.25) is 0 Å². The summed E-state index contributed by atoms with van der Waals surface area (Å²) in [6, 6.07) is 7.34. The first kappa shape index (κ1) is 12.6. The van der Waals surface area contributed by atoms with Gasteiger partial charge in [-0.25, -0.2) is 0 Å². The van der Waals surface area contributed by atoms with Crippen molar-refractivity contribution in [3.05, 3.63) is 34.5 Å². The third kappa shape index (κ3) is 2.33. The molecule has 0 radical (unpaired) electrons. The van der Waals surface area contributed by atoms with Crippen molar-refractivity contribution >= 4 is 16.6 Å². The van der Waals surface area contributed by atoms with Gasteiger partial charge in [-0.15, -0.1) is 0 Å². The Morgan fingerprint density at radius 3 is 3.00 bits per heavy atom. The topological polar surface area (TPSA) is 88.0 Å². The van der Waals surface area contributed by atoms with Crippen LogP contribution in [0.2, 0.25) is 0 Å². The first-order valence-corrected chi connectivity index (χ1v) is 6.40. The van der Waals surface area contributed by atoms with Gasteiger partial charge in [-0.05, 0) is 18.9 Å². The predicted octanol–water partition coefficient (Wildman–Crippen LogP) is 1.89. The van der Waals surface area contributed by atoms with Crippen molar-refractivity contribution < 1.29 is 4.92 Å². The molecule has 102 valence electrons. The fraction of sp³-hybridized carbons (Fsp3) is 0.385. The van der Waals surface area contributed by atoms with Crippen molar-refractivity contribution in [2.45, 2.75) is 25.6 Å². The predicted molar refractivity (Wildman–Crippen MR) is 71.7 cm³/mol. The molecule has 1 heterocycles. The normalized spacial score (nSPS) is 14.6. The fourth-order valence-electron chi connectivity index (χ4n) is 2.30. The van der Waals surface area contributed by atoms with Crippen molar-refractivity contribution in [2.75, 3.05) is 6.54 Å². The van der Waals surface area contributed by atoms with Crippen LogP contribution in [0, 0.1) is 21.4 Å². The molecule has 0 N–H and O–H groups in total. The molecule has 1 aliphatic carbocycles. The molecule has 0 saturated heterocycles. The zero-order valence-electron chi connectivity index (χ0n) is 10.8. The average molecular weight is 271 g/mol. The van der Waals surface area contributed by atoms with E-state index in [2.05, 4.69) is 16.1 Å². The maximum atomic E-state index is 10.7. The number of nitriles is 1. The highest BCUT2D eigenvalue weighted by Gasteiger charge is 2.29. The minimum absolute atomic E-state index is 0.0631. The zero-order chi connectivity index (χ0) is 14.1. The summed E-state index contributed by atoms with van der Waals surface area (Å²) < 4.78 is 1.79. The average Bonchev–Trinajstić information content (AvgIpc) is 3.21. The van der Waals surface area contributed by atoms with Gasteiger partial charge in [0.15, 0.2) is 0 Å². The van der Waals surface area contributed by atoms with Crippen LogP contribution < -0.4 is 0 Å². The number of nitrogens with zero attached hydrogens (tertiary/aromatic N) is 5. The highest BCUT2D eigenvalue weighted by molar-refractivity contribution is 5.81. The maximum absolute atomic E-state index is 10.7. The van der Waals surface area contributed by atoms with Crippen LogP contribution in [0.15, 0.2) is 24.4 Å². The number of non-ortho nitro benzene ring substituents is 1. The minimum Gasteiger partial charge on any atom is -0.268 e. The molecular weight excluding hydrogens is 258 g/mol. The van der Waals surface area contributed by atoms with E-state index in [1.54, 1.807) is 16.9 Å². The van der Waals surface area contributed by atoms with Crippen LogP contribution >= 0.6 is 0 Å². The molecule has 0 spiro atoms. The summed E-state index contributed by atoms with van der Waals surface area (Å²) in [7, 11) is 0. The molecule has 0 unspecified atom stereocenters. The Balaban J connectivity index is 1.88. The molecule has 20 heavy (non-hydrogen) atoms. The second-order valence-corrected chi connectivity index (χ2v) is 4.92. The van der Waals surface area contributed by atoms with E-state index in [-0.39, 0.29) is 5.69 Å². The number of hydrogen-bond donors (Lipinski definition) is 0. The van der Waals surface area contributed by atoms with Gasteiger partial charge in [0.05, 0.1) is 35.9 Å².